The molecule has 0 N–H and O–H groups in total. The molecular formula is C19H19FN4O2. The number of carbonyl (C=O) groups is 1. The quantitative estimate of drug-likeness (QED) is 0.786. The highest BCUT2D eigenvalue weighted by molar-refractivity contribution is 5.94. The van der Waals surface area contributed by atoms with Gasteiger partial charge < -0.3 is 14.5 Å². The number of anilines is 2. The predicted molar refractivity (Wildman–Crippen MR) is 95.7 cm³/mol. The van der Waals surface area contributed by atoms with Crippen LogP contribution >= 0.6 is 0 Å². The molecule has 0 spiro atoms. The molecule has 0 aliphatic carbocycles. The molecule has 1 saturated heterocycles. The Labute approximate surface area is 151 Å². The Morgan fingerprint density at radius 1 is 1.23 bits per heavy atom. The van der Waals surface area contributed by atoms with Gasteiger partial charge in [0.2, 0.25) is 0 Å². The first-order valence-electron chi connectivity index (χ1n) is 8.46. The topological polar surface area (TPSA) is 69.5 Å². The van der Waals surface area contributed by atoms with Crippen molar-refractivity contribution in [3.8, 4) is 6.07 Å². The Morgan fingerprint density at radius 3 is 2.65 bits per heavy atom. The third kappa shape index (κ3) is 3.45. The van der Waals surface area contributed by atoms with E-state index < -0.39 is 11.8 Å². The molecular weight excluding hydrogens is 335 g/mol. The first-order chi connectivity index (χ1) is 12.7. The summed E-state index contributed by atoms with van der Waals surface area (Å²) in [6.07, 6.45) is 1.64. The highest BCUT2D eigenvalue weighted by Crippen LogP contribution is 2.26. The Bertz CT molecular complexity index is 842. The fourth-order valence-electron chi connectivity index (χ4n) is 3.06. The monoisotopic (exact) mass is 354 g/mol. The normalized spacial score (nSPS) is 14.0. The lowest BCUT2D eigenvalue weighted by atomic mass is 10.1. The van der Waals surface area contributed by atoms with E-state index in [-0.39, 0.29) is 5.56 Å². The number of nitrogens with zero attached hydrogens (tertiary/aromatic N) is 4. The van der Waals surface area contributed by atoms with E-state index in [1.54, 1.807) is 37.4 Å². The van der Waals surface area contributed by atoms with Crippen LogP contribution in [-0.4, -0.2) is 43.7 Å². The van der Waals surface area contributed by atoms with E-state index in [0.717, 1.165) is 0 Å². The average molecular weight is 354 g/mol. The van der Waals surface area contributed by atoms with E-state index in [0.29, 0.717) is 49.9 Å². The number of piperazine rings is 1. The minimum absolute atomic E-state index is 0.0611. The third-order valence-electron chi connectivity index (χ3n) is 4.31. The van der Waals surface area contributed by atoms with Gasteiger partial charge >= 0.3 is 5.97 Å². The molecule has 0 saturated carbocycles. The van der Waals surface area contributed by atoms with Crippen molar-refractivity contribution >= 4 is 17.5 Å². The molecule has 0 unspecified atom stereocenters. The molecule has 7 heteroatoms. The van der Waals surface area contributed by atoms with Crippen molar-refractivity contribution in [2.75, 3.05) is 42.6 Å². The molecule has 1 fully saturated rings. The standard InChI is InChI=1S/C19H19FN4O2/c1-2-26-19(25)14-5-4-8-22-18(14)24-11-9-23(10-12-24)17-7-3-6-16(20)15(17)13-21/h3-8H,2,9-12H2,1H3. The van der Waals surface area contributed by atoms with Crippen molar-refractivity contribution in [3.05, 3.63) is 53.5 Å². The van der Waals surface area contributed by atoms with Gasteiger partial charge in [0.15, 0.2) is 0 Å². The molecule has 26 heavy (non-hydrogen) atoms. The largest absolute Gasteiger partial charge is 0.462 e. The number of pyridine rings is 1. The zero-order valence-electron chi connectivity index (χ0n) is 14.5. The maximum absolute atomic E-state index is 13.8. The zero-order chi connectivity index (χ0) is 18.5. The van der Waals surface area contributed by atoms with Gasteiger partial charge in [0.05, 0.1) is 12.3 Å². The van der Waals surface area contributed by atoms with Gasteiger partial charge in [-0.2, -0.15) is 5.26 Å². The van der Waals surface area contributed by atoms with Crippen LogP contribution in [-0.2, 0) is 4.74 Å². The molecule has 0 atom stereocenters. The van der Waals surface area contributed by atoms with Crippen LogP contribution in [0.4, 0.5) is 15.9 Å². The Hall–Kier alpha value is -3.14. The van der Waals surface area contributed by atoms with Crippen molar-refractivity contribution in [3.63, 3.8) is 0 Å². The molecule has 134 valence electrons. The van der Waals surface area contributed by atoms with Gasteiger partial charge in [0, 0.05) is 32.4 Å². The van der Waals surface area contributed by atoms with Gasteiger partial charge in [-0.1, -0.05) is 6.07 Å². The average Bonchev–Trinajstić information content (AvgIpc) is 2.68. The van der Waals surface area contributed by atoms with E-state index in [4.69, 9.17) is 4.74 Å². The summed E-state index contributed by atoms with van der Waals surface area (Å²) in [5.74, 6) is -0.318. The fourth-order valence-corrected chi connectivity index (χ4v) is 3.06. The molecule has 0 bridgehead atoms. The van der Waals surface area contributed by atoms with E-state index in [2.05, 4.69) is 4.98 Å². The summed E-state index contributed by atoms with van der Waals surface area (Å²) in [5.41, 5.74) is 1.09. The smallest absolute Gasteiger partial charge is 0.341 e. The number of esters is 1. The lowest BCUT2D eigenvalue weighted by Gasteiger charge is -2.37. The lowest BCUT2D eigenvalue weighted by molar-refractivity contribution is 0.0526. The van der Waals surface area contributed by atoms with Gasteiger partial charge in [-0.05, 0) is 31.2 Å². The predicted octanol–water partition coefficient (Wildman–Crippen LogP) is 2.60. The summed E-state index contributed by atoms with van der Waals surface area (Å²) in [7, 11) is 0. The minimum Gasteiger partial charge on any atom is -0.462 e. The molecule has 2 heterocycles. The number of rotatable bonds is 4. The number of hydrogen-bond acceptors (Lipinski definition) is 6. The molecule has 6 nitrogen and oxygen atoms in total. The molecule has 3 rings (SSSR count). The van der Waals surface area contributed by atoms with Crippen LogP contribution in [0.15, 0.2) is 36.5 Å². The van der Waals surface area contributed by atoms with E-state index in [1.807, 2.05) is 15.9 Å². The van der Waals surface area contributed by atoms with Gasteiger partial charge in [-0.15, -0.1) is 0 Å². The van der Waals surface area contributed by atoms with Crippen LogP contribution in [0.5, 0.6) is 0 Å². The number of hydrogen-bond donors (Lipinski definition) is 0. The van der Waals surface area contributed by atoms with E-state index >= 15 is 0 Å². The number of halogens is 1. The molecule has 1 aliphatic heterocycles. The first-order valence-corrected chi connectivity index (χ1v) is 8.46. The Morgan fingerprint density at radius 2 is 1.96 bits per heavy atom. The zero-order valence-corrected chi connectivity index (χ0v) is 14.5. The SMILES string of the molecule is CCOC(=O)c1cccnc1N1CCN(c2cccc(F)c2C#N)CC1. The highest BCUT2D eigenvalue weighted by Gasteiger charge is 2.24. The van der Waals surface area contributed by atoms with Crippen LogP contribution < -0.4 is 9.80 Å². The molecule has 1 aromatic carbocycles. The summed E-state index contributed by atoms with van der Waals surface area (Å²) in [6.45, 7) is 4.46. The van der Waals surface area contributed by atoms with E-state index in [1.165, 1.54) is 6.07 Å². The van der Waals surface area contributed by atoms with Gasteiger partial charge in [-0.3, -0.25) is 0 Å². The van der Waals surface area contributed by atoms with Crippen molar-refractivity contribution in [2.24, 2.45) is 0 Å². The summed E-state index contributed by atoms with van der Waals surface area (Å²) < 4.78 is 18.9. The van der Waals surface area contributed by atoms with Crippen LogP contribution in [0.1, 0.15) is 22.8 Å². The molecule has 0 amide bonds. The van der Waals surface area contributed by atoms with Crippen LogP contribution in [0.25, 0.3) is 0 Å². The van der Waals surface area contributed by atoms with Crippen molar-refractivity contribution in [1.82, 2.24) is 4.98 Å². The minimum atomic E-state index is -0.512. The Kier molecular flexibility index (Phi) is 5.32. The number of nitriles is 1. The maximum Gasteiger partial charge on any atom is 0.341 e. The summed E-state index contributed by atoms with van der Waals surface area (Å²) >= 11 is 0. The van der Waals surface area contributed by atoms with Crippen LogP contribution in [0, 0.1) is 17.1 Å². The van der Waals surface area contributed by atoms with Crippen LogP contribution in [0.3, 0.4) is 0 Å². The van der Waals surface area contributed by atoms with Crippen molar-refractivity contribution in [1.29, 1.82) is 5.26 Å². The van der Waals surface area contributed by atoms with Gasteiger partial charge in [-0.25, -0.2) is 14.2 Å². The Balaban J connectivity index is 1.77. The van der Waals surface area contributed by atoms with Crippen molar-refractivity contribution < 1.29 is 13.9 Å². The molecule has 2 aromatic rings. The fraction of sp³-hybridized carbons (Fsp3) is 0.316. The first kappa shape index (κ1) is 17.7. The number of carbonyl (C=O) groups excluding carboxylic acids is 1. The second kappa shape index (κ2) is 7.83. The number of benzene rings is 1. The second-order valence-electron chi connectivity index (χ2n) is 5.81. The summed E-state index contributed by atoms with van der Waals surface area (Å²) in [6, 6.07) is 9.99. The third-order valence-corrected chi connectivity index (χ3v) is 4.31. The van der Waals surface area contributed by atoms with Gasteiger partial charge in [0.25, 0.3) is 0 Å². The summed E-state index contributed by atoms with van der Waals surface area (Å²) in [4.78, 5) is 20.5. The number of aromatic nitrogens is 1. The molecule has 0 radical (unpaired) electrons. The van der Waals surface area contributed by atoms with Crippen molar-refractivity contribution in [2.45, 2.75) is 6.92 Å². The molecule has 1 aromatic heterocycles. The molecule has 1 aliphatic rings. The number of ether oxygens (including phenoxy) is 1. The lowest BCUT2D eigenvalue weighted by Crippen LogP contribution is -2.47. The van der Waals surface area contributed by atoms with E-state index in [9.17, 15) is 14.4 Å². The summed E-state index contributed by atoms with van der Waals surface area (Å²) in [5, 5.41) is 9.22. The maximum atomic E-state index is 13.8. The van der Waals surface area contributed by atoms with Gasteiger partial charge in [0.1, 0.15) is 28.8 Å². The second-order valence-corrected chi connectivity index (χ2v) is 5.81. The van der Waals surface area contributed by atoms with Crippen LogP contribution in [0.2, 0.25) is 0 Å². The highest BCUT2D eigenvalue weighted by atomic mass is 19.1.